The van der Waals surface area contributed by atoms with Gasteiger partial charge >= 0.3 is 0 Å². The van der Waals surface area contributed by atoms with E-state index in [1.807, 2.05) is 42.5 Å². The van der Waals surface area contributed by atoms with Crippen LogP contribution in [0.2, 0.25) is 5.02 Å². The Balaban J connectivity index is 1.35. The summed E-state index contributed by atoms with van der Waals surface area (Å²) >= 11 is 11.6. The Labute approximate surface area is 203 Å². The summed E-state index contributed by atoms with van der Waals surface area (Å²) in [5.41, 5.74) is 3.25. The fraction of sp³-hybridized carbons (Fsp3) is 0.200. The summed E-state index contributed by atoms with van der Waals surface area (Å²) in [6.45, 7) is 3.33. The number of benzene rings is 3. The number of morpholine rings is 1. The highest BCUT2D eigenvalue weighted by Gasteiger charge is 2.17. The Hall–Kier alpha value is -3.13. The quantitative estimate of drug-likeness (QED) is 0.489. The van der Waals surface area contributed by atoms with Crippen molar-refractivity contribution in [3.05, 3.63) is 88.9 Å². The lowest BCUT2D eigenvalue weighted by Crippen LogP contribution is -2.38. The first-order valence-corrected chi connectivity index (χ1v) is 11.4. The van der Waals surface area contributed by atoms with Crippen LogP contribution in [0.3, 0.4) is 0 Å². The molecule has 0 aliphatic carbocycles. The summed E-state index contributed by atoms with van der Waals surface area (Å²) in [5, 5.41) is 6.61. The van der Waals surface area contributed by atoms with Crippen LogP contribution in [0.4, 0.5) is 11.4 Å². The van der Waals surface area contributed by atoms with Gasteiger partial charge in [-0.05, 0) is 60.2 Å². The van der Waals surface area contributed by atoms with Crippen LogP contribution in [-0.2, 0) is 11.3 Å². The molecular formula is C25H24ClN3O3S. The smallest absolute Gasteiger partial charge is 0.257 e. The van der Waals surface area contributed by atoms with Crippen LogP contribution in [-0.4, -0.2) is 37.3 Å². The molecule has 0 saturated carbocycles. The van der Waals surface area contributed by atoms with E-state index in [0.717, 1.165) is 30.0 Å². The van der Waals surface area contributed by atoms with E-state index < -0.39 is 0 Å². The molecule has 1 saturated heterocycles. The van der Waals surface area contributed by atoms with Crippen LogP contribution >= 0.6 is 23.8 Å². The van der Waals surface area contributed by atoms with Gasteiger partial charge in [0.05, 0.1) is 24.6 Å². The average Bonchev–Trinajstić information content (AvgIpc) is 2.84. The van der Waals surface area contributed by atoms with Gasteiger partial charge in [-0.25, -0.2) is 0 Å². The fourth-order valence-corrected chi connectivity index (χ4v) is 3.84. The SMILES string of the molecule is O=C(NC(=S)Nc1cc(Cl)ccc1N1CCOCC1)c1ccc(OCc2ccccc2)cc1. The van der Waals surface area contributed by atoms with Gasteiger partial charge in [0.1, 0.15) is 12.4 Å². The van der Waals surface area contributed by atoms with Crippen molar-refractivity contribution in [3.63, 3.8) is 0 Å². The van der Waals surface area contributed by atoms with Crippen molar-refractivity contribution in [1.29, 1.82) is 0 Å². The van der Waals surface area contributed by atoms with E-state index in [1.54, 1.807) is 30.3 Å². The topological polar surface area (TPSA) is 62.8 Å². The number of rotatable bonds is 6. The molecule has 1 heterocycles. The zero-order valence-corrected chi connectivity index (χ0v) is 19.5. The maximum absolute atomic E-state index is 12.7. The second-order valence-electron chi connectivity index (χ2n) is 7.47. The Kier molecular flexibility index (Phi) is 7.78. The standard InChI is InChI=1S/C25H24ClN3O3S/c26-20-8-11-23(29-12-14-31-15-13-29)22(16-20)27-25(33)28-24(30)19-6-9-21(10-7-19)32-17-18-4-2-1-3-5-18/h1-11,16H,12-15,17H2,(H2,27,28,30,33). The van der Waals surface area contributed by atoms with E-state index in [-0.39, 0.29) is 11.0 Å². The molecule has 1 aliphatic rings. The molecule has 0 aromatic heterocycles. The second kappa shape index (κ2) is 11.1. The number of nitrogens with one attached hydrogen (secondary N) is 2. The molecule has 2 N–H and O–H groups in total. The van der Waals surface area contributed by atoms with Gasteiger partial charge in [0.15, 0.2) is 5.11 Å². The number of amides is 1. The van der Waals surface area contributed by atoms with Gasteiger partial charge in [-0.3, -0.25) is 10.1 Å². The van der Waals surface area contributed by atoms with E-state index in [9.17, 15) is 4.79 Å². The highest BCUT2D eigenvalue weighted by Crippen LogP contribution is 2.30. The third-order valence-corrected chi connectivity index (χ3v) is 5.59. The molecule has 0 unspecified atom stereocenters. The normalized spacial score (nSPS) is 13.3. The highest BCUT2D eigenvalue weighted by atomic mass is 35.5. The minimum Gasteiger partial charge on any atom is -0.489 e. The molecular weight excluding hydrogens is 458 g/mol. The maximum Gasteiger partial charge on any atom is 0.257 e. The molecule has 1 fully saturated rings. The largest absolute Gasteiger partial charge is 0.489 e. The molecule has 1 amide bonds. The number of carbonyl (C=O) groups excluding carboxylic acids is 1. The van der Waals surface area contributed by atoms with Crippen LogP contribution in [0.15, 0.2) is 72.8 Å². The van der Waals surface area contributed by atoms with Gasteiger partial charge in [0.25, 0.3) is 5.91 Å². The van der Waals surface area contributed by atoms with Crippen LogP contribution in [0.5, 0.6) is 5.75 Å². The molecule has 8 heteroatoms. The highest BCUT2D eigenvalue weighted by molar-refractivity contribution is 7.80. The van der Waals surface area contributed by atoms with Gasteiger partial charge in [-0.15, -0.1) is 0 Å². The van der Waals surface area contributed by atoms with E-state index >= 15 is 0 Å². The average molecular weight is 482 g/mol. The second-order valence-corrected chi connectivity index (χ2v) is 8.31. The Morgan fingerprint density at radius 1 is 1.03 bits per heavy atom. The lowest BCUT2D eigenvalue weighted by atomic mass is 10.2. The third-order valence-electron chi connectivity index (χ3n) is 5.15. The van der Waals surface area contributed by atoms with Crippen molar-refractivity contribution in [2.24, 2.45) is 0 Å². The molecule has 6 nitrogen and oxygen atoms in total. The number of thiocarbonyl (C=S) groups is 1. The van der Waals surface area contributed by atoms with Crippen LogP contribution in [0, 0.1) is 0 Å². The number of anilines is 2. The summed E-state index contributed by atoms with van der Waals surface area (Å²) in [7, 11) is 0. The molecule has 33 heavy (non-hydrogen) atoms. The van der Waals surface area contributed by atoms with E-state index in [0.29, 0.717) is 36.2 Å². The van der Waals surface area contributed by atoms with Crippen molar-refractivity contribution in [3.8, 4) is 5.75 Å². The number of halogens is 1. The monoisotopic (exact) mass is 481 g/mol. The number of nitrogens with zero attached hydrogens (tertiary/aromatic N) is 1. The maximum atomic E-state index is 12.7. The summed E-state index contributed by atoms with van der Waals surface area (Å²) in [4.78, 5) is 14.9. The first-order valence-electron chi connectivity index (χ1n) is 10.6. The van der Waals surface area contributed by atoms with Crippen molar-refractivity contribution in [1.82, 2.24) is 5.32 Å². The van der Waals surface area contributed by atoms with Gasteiger partial charge in [0.2, 0.25) is 0 Å². The molecule has 0 radical (unpaired) electrons. The minimum absolute atomic E-state index is 0.196. The molecule has 3 aromatic rings. The molecule has 0 atom stereocenters. The van der Waals surface area contributed by atoms with Crippen LogP contribution in [0.25, 0.3) is 0 Å². The van der Waals surface area contributed by atoms with Crippen molar-refractivity contribution >= 4 is 46.2 Å². The van der Waals surface area contributed by atoms with E-state index in [4.69, 9.17) is 33.3 Å². The Morgan fingerprint density at radius 2 is 1.76 bits per heavy atom. The lowest BCUT2D eigenvalue weighted by Gasteiger charge is -2.30. The molecule has 4 rings (SSSR count). The van der Waals surface area contributed by atoms with Crippen LogP contribution in [0.1, 0.15) is 15.9 Å². The third kappa shape index (κ3) is 6.44. The van der Waals surface area contributed by atoms with Gasteiger partial charge in [-0.2, -0.15) is 0 Å². The first kappa shape index (κ1) is 23.0. The summed E-state index contributed by atoms with van der Waals surface area (Å²) in [6.07, 6.45) is 0. The molecule has 1 aliphatic heterocycles. The van der Waals surface area contributed by atoms with Crippen molar-refractivity contribution in [2.45, 2.75) is 6.61 Å². The van der Waals surface area contributed by atoms with E-state index in [2.05, 4.69) is 15.5 Å². The molecule has 0 spiro atoms. The Bertz CT molecular complexity index is 1100. The van der Waals surface area contributed by atoms with Crippen molar-refractivity contribution in [2.75, 3.05) is 36.5 Å². The summed E-state index contributed by atoms with van der Waals surface area (Å²) in [6, 6.07) is 22.4. The van der Waals surface area contributed by atoms with E-state index in [1.165, 1.54) is 0 Å². The van der Waals surface area contributed by atoms with Gasteiger partial charge in [0, 0.05) is 23.7 Å². The summed E-state index contributed by atoms with van der Waals surface area (Å²) < 4.78 is 11.2. The number of carbonyl (C=O) groups is 1. The Morgan fingerprint density at radius 3 is 2.48 bits per heavy atom. The minimum atomic E-state index is -0.308. The predicted octanol–water partition coefficient (Wildman–Crippen LogP) is 4.88. The first-order chi connectivity index (χ1) is 16.1. The fourth-order valence-electron chi connectivity index (χ4n) is 3.46. The molecule has 170 valence electrons. The van der Waals surface area contributed by atoms with Crippen LogP contribution < -0.4 is 20.3 Å². The zero-order chi connectivity index (χ0) is 23.0. The molecule has 0 bridgehead atoms. The lowest BCUT2D eigenvalue weighted by molar-refractivity contribution is 0.0977. The van der Waals surface area contributed by atoms with Crippen molar-refractivity contribution < 1.29 is 14.3 Å². The van der Waals surface area contributed by atoms with Gasteiger partial charge < -0.3 is 19.7 Å². The number of hydrogen-bond donors (Lipinski definition) is 2. The zero-order valence-electron chi connectivity index (χ0n) is 17.9. The predicted molar refractivity (Wildman–Crippen MR) is 135 cm³/mol. The molecule has 3 aromatic carbocycles. The number of hydrogen-bond acceptors (Lipinski definition) is 5. The summed E-state index contributed by atoms with van der Waals surface area (Å²) in [5.74, 6) is 0.377. The number of ether oxygens (including phenoxy) is 2. The van der Waals surface area contributed by atoms with Gasteiger partial charge in [-0.1, -0.05) is 41.9 Å².